The van der Waals surface area contributed by atoms with Crippen LogP contribution in [0.15, 0.2) is 0 Å². The van der Waals surface area contributed by atoms with E-state index in [2.05, 4.69) is 19.2 Å². The van der Waals surface area contributed by atoms with Crippen LogP contribution in [0.25, 0.3) is 0 Å². The van der Waals surface area contributed by atoms with Crippen molar-refractivity contribution in [3.63, 3.8) is 0 Å². The lowest BCUT2D eigenvalue weighted by atomic mass is 10.1. The molecule has 1 saturated heterocycles. The Morgan fingerprint density at radius 1 is 1.29 bits per heavy atom. The van der Waals surface area contributed by atoms with Crippen molar-refractivity contribution >= 4 is 6.03 Å². The van der Waals surface area contributed by atoms with E-state index >= 15 is 0 Å². The van der Waals surface area contributed by atoms with Crippen LogP contribution >= 0.6 is 0 Å². The van der Waals surface area contributed by atoms with E-state index < -0.39 is 0 Å². The Bertz CT molecular complexity index is 215. The predicted molar refractivity (Wildman–Crippen MR) is 69.1 cm³/mol. The summed E-state index contributed by atoms with van der Waals surface area (Å²) in [5.74, 6) is 0. The van der Waals surface area contributed by atoms with Crippen LogP contribution in [0.1, 0.15) is 46.0 Å². The Balaban J connectivity index is 2.11. The van der Waals surface area contributed by atoms with Crippen LogP contribution in [0, 0.1) is 0 Å². The average molecular weight is 242 g/mol. The Morgan fingerprint density at radius 3 is 2.65 bits per heavy atom. The topological polar surface area (TPSA) is 41.6 Å². The first kappa shape index (κ1) is 14.3. The normalized spacial score (nSPS) is 17.9. The van der Waals surface area contributed by atoms with Gasteiger partial charge in [-0.05, 0) is 13.3 Å². The predicted octanol–water partition coefficient (Wildman–Crippen LogP) is 2.39. The van der Waals surface area contributed by atoms with Gasteiger partial charge in [-0.3, -0.25) is 0 Å². The molecule has 0 saturated carbocycles. The highest BCUT2D eigenvalue weighted by Gasteiger charge is 2.17. The van der Waals surface area contributed by atoms with Crippen molar-refractivity contribution in [3.05, 3.63) is 0 Å². The summed E-state index contributed by atoms with van der Waals surface area (Å²) in [4.78, 5) is 13.7. The average Bonchev–Trinajstić information content (AvgIpc) is 2.36. The van der Waals surface area contributed by atoms with Gasteiger partial charge in [-0.25, -0.2) is 4.79 Å². The molecule has 0 aliphatic carbocycles. The summed E-state index contributed by atoms with van der Waals surface area (Å²) in [6.07, 6.45) is 6.11. The third-order valence-electron chi connectivity index (χ3n) is 3.16. The van der Waals surface area contributed by atoms with Crippen LogP contribution in [0.5, 0.6) is 0 Å². The largest absolute Gasteiger partial charge is 0.378 e. The van der Waals surface area contributed by atoms with Gasteiger partial charge >= 0.3 is 6.03 Å². The zero-order valence-electron chi connectivity index (χ0n) is 11.2. The number of rotatable bonds is 6. The van der Waals surface area contributed by atoms with Crippen molar-refractivity contribution in [2.45, 2.75) is 52.0 Å². The zero-order valence-corrected chi connectivity index (χ0v) is 11.2. The molecular formula is C13H26N2O2. The Kier molecular flexibility index (Phi) is 7.01. The maximum Gasteiger partial charge on any atom is 0.317 e. The molecule has 0 spiro atoms. The molecule has 4 heteroatoms. The number of nitrogens with one attached hydrogen (secondary N) is 1. The first-order valence-corrected chi connectivity index (χ1v) is 6.87. The molecule has 1 aliphatic heterocycles. The number of ether oxygens (including phenoxy) is 1. The highest BCUT2D eigenvalue weighted by atomic mass is 16.5. The number of carbonyl (C=O) groups is 1. The summed E-state index contributed by atoms with van der Waals surface area (Å²) in [6.45, 7) is 7.06. The summed E-state index contributed by atoms with van der Waals surface area (Å²) in [7, 11) is 0. The molecule has 100 valence electrons. The SMILES string of the molecule is CCCCCC[C@@H](C)NC(=O)N1CCOCC1. The second-order valence-electron chi connectivity index (χ2n) is 4.80. The molecule has 1 heterocycles. The smallest absolute Gasteiger partial charge is 0.317 e. The summed E-state index contributed by atoms with van der Waals surface area (Å²) >= 11 is 0. The summed E-state index contributed by atoms with van der Waals surface area (Å²) in [5, 5.41) is 3.06. The molecular weight excluding hydrogens is 216 g/mol. The minimum absolute atomic E-state index is 0.0660. The maximum atomic E-state index is 11.9. The van der Waals surface area contributed by atoms with Gasteiger partial charge in [0, 0.05) is 19.1 Å². The van der Waals surface area contributed by atoms with Crippen LogP contribution in [0.2, 0.25) is 0 Å². The molecule has 1 N–H and O–H groups in total. The molecule has 0 unspecified atom stereocenters. The summed E-state index contributed by atoms with van der Waals surface area (Å²) < 4.78 is 5.22. The number of urea groups is 1. The lowest BCUT2D eigenvalue weighted by Gasteiger charge is -2.28. The van der Waals surface area contributed by atoms with E-state index in [9.17, 15) is 4.79 Å². The van der Waals surface area contributed by atoms with Crippen molar-refractivity contribution in [3.8, 4) is 0 Å². The molecule has 1 rings (SSSR count). The highest BCUT2D eigenvalue weighted by Crippen LogP contribution is 2.06. The standard InChI is InChI=1S/C13H26N2O2/c1-3-4-5-6-7-12(2)14-13(16)15-8-10-17-11-9-15/h12H,3-11H2,1-2H3,(H,14,16)/t12-/m1/s1. The Morgan fingerprint density at radius 2 is 2.00 bits per heavy atom. The lowest BCUT2D eigenvalue weighted by molar-refractivity contribution is 0.0525. The van der Waals surface area contributed by atoms with Gasteiger partial charge in [0.15, 0.2) is 0 Å². The summed E-state index contributed by atoms with van der Waals surface area (Å²) in [5.41, 5.74) is 0. The first-order chi connectivity index (χ1) is 8.24. The van der Waals surface area contributed by atoms with E-state index in [1.165, 1.54) is 25.7 Å². The van der Waals surface area contributed by atoms with E-state index in [4.69, 9.17) is 4.74 Å². The van der Waals surface area contributed by atoms with Crippen LogP contribution in [-0.2, 0) is 4.74 Å². The van der Waals surface area contributed by atoms with Gasteiger partial charge in [-0.2, -0.15) is 0 Å². The molecule has 1 aliphatic rings. The molecule has 4 nitrogen and oxygen atoms in total. The minimum Gasteiger partial charge on any atom is -0.378 e. The van der Waals surface area contributed by atoms with Gasteiger partial charge in [-0.15, -0.1) is 0 Å². The molecule has 0 radical (unpaired) electrons. The van der Waals surface area contributed by atoms with Gasteiger partial charge in [-0.1, -0.05) is 32.6 Å². The van der Waals surface area contributed by atoms with Crippen molar-refractivity contribution in [2.75, 3.05) is 26.3 Å². The van der Waals surface area contributed by atoms with Crippen LogP contribution < -0.4 is 5.32 Å². The van der Waals surface area contributed by atoms with E-state index in [1.807, 2.05) is 4.90 Å². The summed E-state index contributed by atoms with van der Waals surface area (Å²) in [6, 6.07) is 0.346. The molecule has 1 fully saturated rings. The van der Waals surface area contributed by atoms with E-state index in [0.717, 1.165) is 6.42 Å². The monoisotopic (exact) mass is 242 g/mol. The van der Waals surface area contributed by atoms with Crippen molar-refractivity contribution in [2.24, 2.45) is 0 Å². The second kappa shape index (κ2) is 8.34. The van der Waals surface area contributed by atoms with Crippen LogP contribution in [0.3, 0.4) is 0 Å². The fourth-order valence-corrected chi connectivity index (χ4v) is 2.02. The van der Waals surface area contributed by atoms with E-state index in [1.54, 1.807) is 0 Å². The van der Waals surface area contributed by atoms with Gasteiger partial charge in [0.1, 0.15) is 0 Å². The highest BCUT2D eigenvalue weighted by molar-refractivity contribution is 5.74. The van der Waals surface area contributed by atoms with Crippen LogP contribution in [0.4, 0.5) is 4.79 Å². The maximum absolute atomic E-state index is 11.9. The third kappa shape index (κ3) is 5.91. The fourth-order valence-electron chi connectivity index (χ4n) is 2.02. The lowest BCUT2D eigenvalue weighted by Crippen LogP contribution is -2.48. The number of hydrogen-bond donors (Lipinski definition) is 1. The Labute approximate surface area is 105 Å². The van der Waals surface area contributed by atoms with Crippen LogP contribution in [-0.4, -0.2) is 43.3 Å². The van der Waals surface area contributed by atoms with Crippen molar-refractivity contribution in [1.29, 1.82) is 0 Å². The molecule has 0 bridgehead atoms. The van der Waals surface area contributed by atoms with Crippen molar-refractivity contribution < 1.29 is 9.53 Å². The Hall–Kier alpha value is -0.770. The first-order valence-electron chi connectivity index (χ1n) is 6.87. The zero-order chi connectivity index (χ0) is 12.5. The number of nitrogens with zero attached hydrogens (tertiary/aromatic N) is 1. The third-order valence-corrected chi connectivity index (χ3v) is 3.16. The van der Waals surface area contributed by atoms with Gasteiger partial charge < -0.3 is 15.0 Å². The molecule has 17 heavy (non-hydrogen) atoms. The van der Waals surface area contributed by atoms with Gasteiger partial charge in [0.05, 0.1) is 13.2 Å². The minimum atomic E-state index is 0.0660. The second-order valence-corrected chi connectivity index (χ2v) is 4.80. The molecule has 0 aromatic heterocycles. The number of carbonyl (C=O) groups excluding carboxylic acids is 1. The fraction of sp³-hybridized carbons (Fsp3) is 0.923. The number of unbranched alkanes of at least 4 members (excludes halogenated alkanes) is 3. The van der Waals surface area contributed by atoms with E-state index in [0.29, 0.717) is 26.3 Å². The van der Waals surface area contributed by atoms with Gasteiger partial charge in [0.2, 0.25) is 0 Å². The molecule has 0 aromatic carbocycles. The van der Waals surface area contributed by atoms with Gasteiger partial charge in [0.25, 0.3) is 0 Å². The van der Waals surface area contributed by atoms with Crippen molar-refractivity contribution in [1.82, 2.24) is 10.2 Å². The number of hydrogen-bond acceptors (Lipinski definition) is 2. The number of amides is 2. The quantitative estimate of drug-likeness (QED) is 0.727. The molecule has 1 atom stereocenters. The van der Waals surface area contributed by atoms with E-state index in [-0.39, 0.29) is 12.1 Å². The molecule has 2 amide bonds. The number of morpholine rings is 1. The molecule has 0 aromatic rings.